The van der Waals surface area contributed by atoms with Crippen LogP contribution in [0.25, 0.3) is 11.0 Å². The van der Waals surface area contributed by atoms with Crippen LogP contribution in [0.4, 0.5) is 10.6 Å². The van der Waals surface area contributed by atoms with Crippen LogP contribution in [0.3, 0.4) is 0 Å². The quantitative estimate of drug-likeness (QED) is 0.887. The van der Waals surface area contributed by atoms with Crippen molar-refractivity contribution in [3.63, 3.8) is 0 Å². The van der Waals surface area contributed by atoms with Gasteiger partial charge in [-0.1, -0.05) is 0 Å². The molecule has 0 atom stereocenters. The first-order valence-corrected chi connectivity index (χ1v) is 7.42. The molecule has 22 heavy (non-hydrogen) atoms. The van der Waals surface area contributed by atoms with Crippen molar-refractivity contribution in [1.82, 2.24) is 20.1 Å². The monoisotopic (exact) mass is 303 g/mol. The molecule has 0 spiro atoms. The largest absolute Gasteiger partial charge is 0.444 e. The fourth-order valence-corrected chi connectivity index (χ4v) is 2.63. The van der Waals surface area contributed by atoms with Gasteiger partial charge >= 0.3 is 6.09 Å². The fourth-order valence-electron chi connectivity index (χ4n) is 2.63. The lowest BCUT2D eigenvalue weighted by Gasteiger charge is -2.36. The standard InChI is InChI=1S/C15H21N5O2/c1-15(2,3)22-14(21)18-9-7-10(8-9)20-13-11(12(16)19-20)5-4-6-17-13/h4-6,9-10H,7-8H2,1-3H3,(H2,16,19)(H,18,21). The summed E-state index contributed by atoms with van der Waals surface area (Å²) in [6, 6.07) is 4.06. The second-order valence-corrected chi connectivity index (χ2v) is 6.67. The van der Waals surface area contributed by atoms with E-state index in [0.29, 0.717) is 5.82 Å². The number of alkyl carbamates (subject to hydrolysis) is 1. The van der Waals surface area contributed by atoms with Gasteiger partial charge in [0.25, 0.3) is 0 Å². The Kier molecular flexibility index (Phi) is 3.42. The number of hydrogen-bond acceptors (Lipinski definition) is 5. The third-order valence-corrected chi connectivity index (χ3v) is 3.68. The molecular formula is C15H21N5O2. The summed E-state index contributed by atoms with van der Waals surface area (Å²) in [6.45, 7) is 5.54. The first kappa shape index (κ1) is 14.6. The Balaban J connectivity index is 1.62. The summed E-state index contributed by atoms with van der Waals surface area (Å²) in [5, 5.41) is 8.11. The summed E-state index contributed by atoms with van der Waals surface area (Å²) in [5.41, 5.74) is 6.23. The summed E-state index contributed by atoms with van der Waals surface area (Å²) in [5.74, 6) is 0.492. The van der Waals surface area contributed by atoms with Crippen LogP contribution >= 0.6 is 0 Å². The average molecular weight is 303 g/mol. The summed E-state index contributed by atoms with van der Waals surface area (Å²) in [4.78, 5) is 16.1. The predicted octanol–water partition coefficient (Wildman–Crippen LogP) is 2.24. The number of amides is 1. The Hall–Kier alpha value is -2.31. The second kappa shape index (κ2) is 5.15. The van der Waals surface area contributed by atoms with Crippen molar-refractivity contribution < 1.29 is 9.53 Å². The molecule has 1 aliphatic rings. The first-order chi connectivity index (χ1) is 10.3. The van der Waals surface area contributed by atoms with Crippen LogP contribution in [0, 0.1) is 0 Å². The van der Waals surface area contributed by atoms with E-state index in [1.807, 2.05) is 37.6 Å². The van der Waals surface area contributed by atoms with Gasteiger partial charge in [0.15, 0.2) is 11.5 Å². The van der Waals surface area contributed by atoms with Gasteiger partial charge in [-0.05, 0) is 45.7 Å². The number of aromatic nitrogens is 3. The van der Waals surface area contributed by atoms with E-state index in [1.54, 1.807) is 6.20 Å². The molecule has 0 aromatic carbocycles. The van der Waals surface area contributed by atoms with Gasteiger partial charge in [-0.3, -0.25) is 0 Å². The van der Waals surface area contributed by atoms with Crippen molar-refractivity contribution in [2.75, 3.05) is 5.73 Å². The Bertz CT molecular complexity index is 698. The number of fused-ring (bicyclic) bond motifs is 1. The van der Waals surface area contributed by atoms with Gasteiger partial charge in [0, 0.05) is 12.2 Å². The third kappa shape index (κ3) is 2.84. The Morgan fingerprint density at radius 3 is 2.86 bits per heavy atom. The molecule has 2 aromatic heterocycles. The Labute approximate surface area is 128 Å². The van der Waals surface area contributed by atoms with Crippen LogP contribution < -0.4 is 11.1 Å². The highest BCUT2D eigenvalue weighted by Gasteiger charge is 2.34. The maximum atomic E-state index is 11.7. The Morgan fingerprint density at radius 2 is 2.18 bits per heavy atom. The van der Waals surface area contributed by atoms with E-state index in [0.717, 1.165) is 23.9 Å². The van der Waals surface area contributed by atoms with E-state index in [2.05, 4.69) is 15.4 Å². The number of carbonyl (C=O) groups excluding carboxylic acids is 1. The zero-order valence-electron chi connectivity index (χ0n) is 13.0. The van der Waals surface area contributed by atoms with Crippen LogP contribution in [-0.2, 0) is 4.74 Å². The van der Waals surface area contributed by atoms with Gasteiger partial charge in [-0.15, -0.1) is 0 Å². The number of carbonyl (C=O) groups is 1. The summed E-state index contributed by atoms with van der Waals surface area (Å²) >= 11 is 0. The minimum atomic E-state index is -0.482. The van der Waals surface area contributed by atoms with Crippen LogP contribution in [0.15, 0.2) is 18.3 Å². The van der Waals surface area contributed by atoms with E-state index < -0.39 is 5.60 Å². The lowest BCUT2D eigenvalue weighted by molar-refractivity contribution is 0.0454. The van der Waals surface area contributed by atoms with Crippen LogP contribution in [0.2, 0.25) is 0 Å². The van der Waals surface area contributed by atoms with E-state index in [9.17, 15) is 4.79 Å². The number of hydrogen-bond donors (Lipinski definition) is 2. The molecular weight excluding hydrogens is 282 g/mol. The van der Waals surface area contributed by atoms with Gasteiger partial charge in [0.1, 0.15) is 5.60 Å². The molecule has 0 bridgehead atoms. The zero-order chi connectivity index (χ0) is 15.9. The molecule has 1 saturated carbocycles. The van der Waals surface area contributed by atoms with E-state index in [1.165, 1.54) is 0 Å². The highest BCUT2D eigenvalue weighted by molar-refractivity contribution is 5.86. The molecule has 0 aliphatic heterocycles. The third-order valence-electron chi connectivity index (χ3n) is 3.68. The molecule has 1 amide bonds. The maximum absolute atomic E-state index is 11.7. The van der Waals surface area contributed by atoms with E-state index in [-0.39, 0.29) is 18.2 Å². The number of pyridine rings is 1. The molecule has 2 heterocycles. The summed E-state index contributed by atoms with van der Waals surface area (Å²) in [7, 11) is 0. The molecule has 118 valence electrons. The topological polar surface area (TPSA) is 95.1 Å². The van der Waals surface area contributed by atoms with Crippen molar-refractivity contribution in [1.29, 1.82) is 0 Å². The molecule has 0 radical (unpaired) electrons. The van der Waals surface area contributed by atoms with Crippen molar-refractivity contribution >= 4 is 22.9 Å². The summed E-state index contributed by atoms with van der Waals surface area (Å²) in [6.07, 6.45) is 2.95. The number of nitrogens with zero attached hydrogens (tertiary/aromatic N) is 3. The minimum absolute atomic E-state index is 0.101. The minimum Gasteiger partial charge on any atom is -0.444 e. The second-order valence-electron chi connectivity index (χ2n) is 6.67. The SMILES string of the molecule is CC(C)(C)OC(=O)NC1CC(n2nc(N)c3cccnc32)C1. The average Bonchev–Trinajstić information content (AvgIpc) is 2.69. The Morgan fingerprint density at radius 1 is 1.45 bits per heavy atom. The number of ether oxygens (including phenoxy) is 1. The molecule has 7 heteroatoms. The fraction of sp³-hybridized carbons (Fsp3) is 0.533. The lowest BCUT2D eigenvalue weighted by atomic mass is 9.87. The van der Waals surface area contributed by atoms with Gasteiger partial charge in [0.05, 0.1) is 11.4 Å². The van der Waals surface area contributed by atoms with E-state index >= 15 is 0 Å². The molecule has 0 unspecified atom stereocenters. The molecule has 1 fully saturated rings. The van der Waals surface area contributed by atoms with Crippen molar-refractivity contribution in [3.8, 4) is 0 Å². The van der Waals surface area contributed by atoms with Crippen LogP contribution in [0.5, 0.6) is 0 Å². The molecule has 3 N–H and O–H groups in total. The van der Waals surface area contributed by atoms with Crippen molar-refractivity contribution in [2.45, 2.75) is 51.3 Å². The number of nitrogens with two attached hydrogens (primary N) is 1. The van der Waals surface area contributed by atoms with Gasteiger partial charge in [-0.2, -0.15) is 5.10 Å². The molecule has 7 nitrogen and oxygen atoms in total. The predicted molar refractivity (Wildman–Crippen MR) is 83.4 cm³/mol. The van der Waals surface area contributed by atoms with Gasteiger partial charge < -0.3 is 15.8 Å². The highest BCUT2D eigenvalue weighted by Crippen LogP contribution is 2.35. The molecule has 1 aliphatic carbocycles. The number of anilines is 1. The smallest absolute Gasteiger partial charge is 0.407 e. The number of rotatable bonds is 2. The highest BCUT2D eigenvalue weighted by atomic mass is 16.6. The number of nitrogens with one attached hydrogen (secondary N) is 1. The van der Waals surface area contributed by atoms with Crippen LogP contribution in [0.1, 0.15) is 39.7 Å². The van der Waals surface area contributed by atoms with Gasteiger partial charge in [0.2, 0.25) is 0 Å². The zero-order valence-corrected chi connectivity index (χ0v) is 13.0. The maximum Gasteiger partial charge on any atom is 0.407 e. The first-order valence-electron chi connectivity index (χ1n) is 7.42. The van der Waals surface area contributed by atoms with Crippen LogP contribution in [-0.4, -0.2) is 32.5 Å². The van der Waals surface area contributed by atoms with Crippen molar-refractivity contribution in [3.05, 3.63) is 18.3 Å². The summed E-state index contributed by atoms with van der Waals surface area (Å²) < 4.78 is 7.11. The van der Waals surface area contributed by atoms with Gasteiger partial charge in [-0.25, -0.2) is 14.5 Å². The molecule has 0 saturated heterocycles. The molecule has 3 rings (SSSR count). The molecule has 2 aromatic rings. The van der Waals surface area contributed by atoms with E-state index in [4.69, 9.17) is 10.5 Å². The normalized spacial score (nSPS) is 21.4. The number of nitrogen functional groups attached to an aromatic ring is 1. The van der Waals surface area contributed by atoms with Crippen molar-refractivity contribution in [2.24, 2.45) is 0 Å². The lowest BCUT2D eigenvalue weighted by Crippen LogP contribution is -2.46.